The number of anilines is 1. The first-order chi connectivity index (χ1) is 12.6. The number of rotatable bonds is 7. The summed E-state index contributed by atoms with van der Waals surface area (Å²) in [6.07, 6.45) is 0.807. The van der Waals surface area contributed by atoms with Crippen molar-refractivity contribution < 1.29 is 9.59 Å². The number of amides is 2. The largest absolute Gasteiger partial charge is 0.332 e. The average molecular weight is 385 g/mol. The van der Waals surface area contributed by atoms with Gasteiger partial charge in [0.15, 0.2) is 0 Å². The van der Waals surface area contributed by atoms with E-state index in [2.05, 4.69) is 17.4 Å². The Bertz CT molecular complexity index is 857. The number of hydrogen-bond acceptors (Lipinski definition) is 4. The van der Waals surface area contributed by atoms with Gasteiger partial charge in [-0.1, -0.05) is 36.4 Å². The van der Waals surface area contributed by atoms with Gasteiger partial charge >= 0.3 is 0 Å². The summed E-state index contributed by atoms with van der Waals surface area (Å²) in [4.78, 5) is 27.9. The van der Waals surface area contributed by atoms with Crippen molar-refractivity contribution >= 4 is 39.5 Å². The number of thiophene rings is 2. The van der Waals surface area contributed by atoms with Crippen LogP contribution in [-0.2, 0) is 17.8 Å². The van der Waals surface area contributed by atoms with Crippen LogP contribution in [0.2, 0.25) is 0 Å². The Balaban J connectivity index is 1.74. The van der Waals surface area contributed by atoms with E-state index in [4.69, 9.17) is 0 Å². The highest BCUT2D eigenvalue weighted by Gasteiger charge is 2.19. The Kier molecular flexibility index (Phi) is 6.20. The Hall–Kier alpha value is -2.44. The van der Waals surface area contributed by atoms with Crippen molar-refractivity contribution in [2.45, 2.75) is 19.9 Å². The summed E-state index contributed by atoms with van der Waals surface area (Å²) < 4.78 is 0. The molecule has 0 saturated heterocycles. The predicted molar refractivity (Wildman–Crippen MR) is 108 cm³/mol. The van der Waals surface area contributed by atoms with Crippen LogP contribution in [0.1, 0.15) is 27.0 Å². The third-order valence-corrected chi connectivity index (χ3v) is 5.69. The second-order valence-corrected chi connectivity index (χ2v) is 8.00. The highest BCUT2D eigenvalue weighted by molar-refractivity contribution is 7.18. The number of nitrogens with zero attached hydrogens (tertiary/aromatic N) is 1. The van der Waals surface area contributed by atoms with Crippen molar-refractivity contribution in [3.63, 3.8) is 0 Å². The van der Waals surface area contributed by atoms with Crippen molar-refractivity contribution in [3.05, 3.63) is 75.3 Å². The topological polar surface area (TPSA) is 49.4 Å². The van der Waals surface area contributed by atoms with Crippen molar-refractivity contribution in [1.82, 2.24) is 4.90 Å². The molecule has 1 N–H and O–H groups in total. The van der Waals surface area contributed by atoms with Gasteiger partial charge in [-0.2, -0.15) is 0 Å². The minimum Gasteiger partial charge on any atom is -0.332 e. The number of benzene rings is 1. The molecule has 0 radical (unpaired) electrons. The van der Waals surface area contributed by atoms with E-state index in [1.165, 1.54) is 23.8 Å². The molecule has 0 unspecified atom stereocenters. The quantitative estimate of drug-likeness (QED) is 0.644. The number of hydrogen-bond donors (Lipinski definition) is 1. The molecule has 0 bridgehead atoms. The molecule has 2 amide bonds. The van der Waals surface area contributed by atoms with E-state index in [1.807, 2.05) is 40.6 Å². The first kappa shape index (κ1) is 18.4. The number of carbonyl (C=O) groups is 2. The van der Waals surface area contributed by atoms with Gasteiger partial charge in [-0.15, -0.1) is 22.7 Å². The molecule has 2 heterocycles. The van der Waals surface area contributed by atoms with Gasteiger partial charge in [-0.05, 0) is 35.6 Å². The van der Waals surface area contributed by atoms with Crippen LogP contribution in [0.4, 0.5) is 5.00 Å². The van der Waals surface area contributed by atoms with E-state index >= 15 is 0 Å². The van der Waals surface area contributed by atoms with Crippen molar-refractivity contribution in [2.24, 2.45) is 0 Å². The molecule has 26 heavy (non-hydrogen) atoms. The van der Waals surface area contributed by atoms with E-state index in [0.29, 0.717) is 23.0 Å². The summed E-state index contributed by atoms with van der Waals surface area (Å²) in [5.41, 5.74) is 1.21. The molecule has 6 heteroatoms. The predicted octanol–water partition coefficient (Wildman–Crippen LogP) is 4.65. The molecule has 0 aliphatic carbocycles. The van der Waals surface area contributed by atoms with Crippen LogP contribution >= 0.6 is 22.7 Å². The summed E-state index contributed by atoms with van der Waals surface area (Å²) in [7, 11) is 0. The van der Waals surface area contributed by atoms with E-state index in [-0.39, 0.29) is 11.8 Å². The average Bonchev–Trinajstić information content (AvgIpc) is 3.30. The molecule has 4 nitrogen and oxygen atoms in total. The number of carbonyl (C=O) groups excluding carboxylic acids is 2. The Morgan fingerprint density at radius 3 is 2.54 bits per heavy atom. The van der Waals surface area contributed by atoms with Gasteiger partial charge in [0.2, 0.25) is 5.91 Å². The van der Waals surface area contributed by atoms with Crippen LogP contribution in [0.25, 0.3) is 0 Å². The molecular formula is C20H20N2O2S2. The Morgan fingerprint density at radius 1 is 1.04 bits per heavy atom. The zero-order valence-corrected chi connectivity index (χ0v) is 16.1. The van der Waals surface area contributed by atoms with Crippen LogP contribution in [0.15, 0.2) is 60.0 Å². The second kappa shape index (κ2) is 8.78. The summed E-state index contributed by atoms with van der Waals surface area (Å²) in [6, 6.07) is 17.8. The highest BCUT2D eigenvalue weighted by Crippen LogP contribution is 2.24. The standard InChI is InChI=1S/C20H20N2O2S2/c1-15(23)21-19-10-9-18(26-19)20(24)22(14-17-8-5-13-25-17)12-11-16-6-3-2-4-7-16/h2-10,13H,11-12,14H2,1H3,(H,21,23). The maximum absolute atomic E-state index is 13.0. The maximum Gasteiger partial charge on any atom is 0.264 e. The van der Waals surface area contributed by atoms with Gasteiger partial charge in [-0.25, -0.2) is 0 Å². The highest BCUT2D eigenvalue weighted by atomic mass is 32.1. The fourth-order valence-corrected chi connectivity index (χ4v) is 4.24. The maximum atomic E-state index is 13.0. The lowest BCUT2D eigenvalue weighted by molar-refractivity contribution is -0.114. The second-order valence-electron chi connectivity index (χ2n) is 5.89. The molecule has 134 valence electrons. The minimum absolute atomic E-state index is 0.00377. The van der Waals surface area contributed by atoms with Gasteiger partial charge in [0.25, 0.3) is 5.91 Å². The van der Waals surface area contributed by atoms with E-state index < -0.39 is 0 Å². The first-order valence-electron chi connectivity index (χ1n) is 8.35. The third-order valence-electron chi connectivity index (χ3n) is 3.84. The van der Waals surface area contributed by atoms with E-state index in [1.54, 1.807) is 23.5 Å². The zero-order chi connectivity index (χ0) is 18.4. The lowest BCUT2D eigenvalue weighted by atomic mass is 10.1. The van der Waals surface area contributed by atoms with Crippen LogP contribution < -0.4 is 5.32 Å². The molecule has 2 aromatic heterocycles. The summed E-state index contributed by atoms with van der Waals surface area (Å²) in [5.74, 6) is -0.138. The van der Waals surface area contributed by atoms with Gasteiger partial charge in [-0.3, -0.25) is 9.59 Å². The van der Waals surface area contributed by atoms with Gasteiger partial charge in [0.05, 0.1) is 16.4 Å². The van der Waals surface area contributed by atoms with Crippen molar-refractivity contribution in [1.29, 1.82) is 0 Å². The monoisotopic (exact) mass is 384 g/mol. The smallest absolute Gasteiger partial charge is 0.264 e. The lowest BCUT2D eigenvalue weighted by Gasteiger charge is -2.21. The van der Waals surface area contributed by atoms with E-state index in [0.717, 1.165) is 11.3 Å². The summed E-state index contributed by atoms with van der Waals surface area (Å²) in [5, 5.41) is 5.45. The summed E-state index contributed by atoms with van der Waals surface area (Å²) in [6.45, 7) is 2.70. The molecule has 0 fully saturated rings. The molecular weight excluding hydrogens is 364 g/mol. The van der Waals surface area contributed by atoms with Crippen LogP contribution in [0.5, 0.6) is 0 Å². The van der Waals surface area contributed by atoms with Gasteiger partial charge in [0, 0.05) is 18.3 Å². The molecule has 0 atom stereocenters. The molecule has 3 rings (SSSR count). The fraction of sp³-hybridized carbons (Fsp3) is 0.200. The van der Waals surface area contributed by atoms with E-state index in [9.17, 15) is 9.59 Å². The fourth-order valence-electron chi connectivity index (χ4n) is 2.60. The molecule has 0 aliphatic rings. The first-order valence-corrected chi connectivity index (χ1v) is 10.0. The minimum atomic E-state index is -0.134. The molecule has 0 aliphatic heterocycles. The molecule has 0 saturated carbocycles. The normalized spacial score (nSPS) is 10.5. The number of nitrogens with one attached hydrogen (secondary N) is 1. The van der Waals surface area contributed by atoms with Crippen molar-refractivity contribution in [3.8, 4) is 0 Å². The zero-order valence-electron chi connectivity index (χ0n) is 14.5. The lowest BCUT2D eigenvalue weighted by Crippen LogP contribution is -2.31. The third kappa shape index (κ3) is 5.03. The SMILES string of the molecule is CC(=O)Nc1ccc(C(=O)N(CCc2ccccc2)Cc2cccs2)s1. The van der Waals surface area contributed by atoms with Gasteiger partial charge in [0.1, 0.15) is 0 Å². The molecule has 0 spiro atoms. The van der Waals surface area contributed by atoms with Gasteiger partial charge < -0.3 is 10.2 Å². The Morgan fingerprint density at radius 2 is 1.85 bits per heavy atom. The van der Waals surface area contributed by atoms with Crippen molar-refractivity contribution in [2.75, 3.05) is 11.9 Å². The van der Waals surface area contributed by atoms with Crippen LogP contribution in [-0.4, -0.2) is 23.3 Å². The summed E-state index contributed by atoms with van der Waals surface area (Å²) >= 11 is 2.96. The Labute approximate surface area is 161 Å². The molecule has 3 aromatic rings. The van der Waals surface area contributed by atoms with Crippen LogP contribution in [0.3, 0.4) is 0 Å². The van der Waals surface area contributed by atoms with Crippen LogP contribution in [0, 0.1) is 0 Å². The molecule has 1 aromatic carbocycles.